The molecule has 0 aliphatic heterocycles. The molecule has 4 aromatic rings. The third-order valence-corrected chi connectivity index (χ3v) is 6.74. The van der Waals surface area contributed by atoms with Crippen molar-refractivity contribution >= 4 is 23.5 Å². The number of benzene rings is 1. The molecular formula is C25H21F4N7O2. The second kappa shape index (κ2) is 8.92. The Morgan fingerprint density at radius 1 is 1.08 bits per heavy atom. The molecule has 1 amide bonds. The summed E-state index contributed by atoms with van der Waals surface area (Å²) >= 11 is 0. The summed E-state index contributed by atoms with van der Waals surface area (Å²) in [5, 5.41) is 8.90. The quantitative estimate of drug-likeness (QED) is 0.298. The molecule has 2 N–H and O–H groups in total. The van der Waals surface area contributed by atoms with Crippen LogP contribution in [-0.4, -0.2) is 36.8 Å². The van der Waals surface area contributed by atoms with E-state index in [4.69, 9.17) is 4.52 Å². The average Bonchev–Trinajstić information content (AvgIpc) is 3.80. The van der Waals surface area contributed by atoms with Crippen molar-refractivity contribution in [2.24, 2.45) is 0 Å². The molecule has 2 saturated carbocycles. The number of hydrogen-bond donors (Lipinski definition) is 2. The summed E-state index contributed by atoms with van der Waals surface area (Å²) in [6.07, 6.45) is 4.07. The Bertz CT molecular complexity index is 1490. The highest BCUT2D eigenvalue weighted by Gasteiger charge is 2.66. The fourth-order valence-corrected chi connectivity index (χ4v) is 4.21. The summed E-state index contributed by atoms with van der Waals surface area (Å²) < 4.78 is 61.4. The number of hydrogen-bond acceptors (Lipinski definition) is 7. The molecule has 3 heterocycles. The van der Waals surface area contributed by atoms with Crippen LogP contribution in [0.2, 0.25) is 0 Å². The van der Waals surface area contributed by atoms with E-state index in [0.29, 0.717) is 28.9 Å². The van der Waals surface area contributed by atoms with Crippen molar-refractivity contribution in [3.63, 3.8) is 0 Å². The Hall–Kier alpha value is -4.29. The first kappa shape index (κ1) is 24.1. The van der Waals surface area contributed by atoms with Crippen molar-refractivity contribution in [3.8, 4) is 11.1 Å². The number of nitrogens with one attached hydrogen (secondary N) is 2. The van der Waals surface area contributed by atoms with Gasteiger partial charge in [0.2, 0.25) is 11.9 Å². The van der Waals surface area contributed by atoms with Gasteiger partial charge >= 0.3 is 6.18 Å². The molecule has 0 saturated heterocycles. The van der Waals surface area contributed by atoms with Crippen LogP contribution in [0.15, 0.2) is 53.7 Å². The molecule has 9 nitrogen and oxygen atoms in total. The lowest BCUT2D eigenvalue weighted by molar-refractivity contribution is -0.165. The zero-order chi connectivity index (χ0) is 26.5. The Morgan fingerprint density at radius 2 is 1.84 bits per heavy atom. The lowest BCUT2D eigenvalue weighted by Crippen LogP contribution is -2.28. The van der Waals surface area contributed by atoms with Crippen molar-refractivity contribution in [1.29, 1.82) is 0 Å². The van der Waals surface area contributed by atoms with E-state index in [9.17, 15) is 22.4 Å². The van der Waals surface area contributed by atoms with Crippen LogP contribution < -0.4 is 10.6 Å². The minimum Gasteiger partial charge on any atom is -0.358 e. The molecule has 2 aliphatic carbocycles. The average molecular weight is 527 g/mol. The van der Waals surface area contributed by atoms with Gasteiger partial charge in [0.25, 0.3) is 0 Å². The number of nitrogens with zero attached hydrogens (tertiary/aromatic N) is 5. The summed E-state index contributed by atoms with van der Waals surface area (Å²) in [5.41, 5.74) is -0.849. The monoisotopic (exact) mass is 527 g/mol. The molecule has 0 spiro atoms. The first-order chi connectivity index (χ1) is 18.2. The lowest BCUT2D eigenvalue weighted by Gasteiger charge is -2.14. The maximum atomic E-state index is 14.8. The Balaban J connectivity index is 1.07. The molecule has 0 unspecified atom stereocenters. The van der Waals surface area contributed by atoms with Crippen molar-refractivity contribution in [2.45, 2.75) is 49.7 Å². The largest absolute Gasteiger partial charge is 0.401 e. The zero-order valence-corrected chi connectivity index (χ0v) is 19.8. The fourth-order valence-electron chi connectivity index (χ4n) is 4.21. The highest BCUT2D eigenvalue weighted by molar-refractivity contribution is 5.91. The summed E-state index contributed by atoms with van der Waals surface area (Å²) in [7, 11) is 0. The molecule has 196 valence electrons. The molecule has 2 fully saturated rings. The Kier molecular flexibility index (Phi) is 5.65. The Morgan fingerprint density at radius 3 is 2.50 bits per heavy atom. The van der Waals surface area contributed by atoms with Gasteiger partial charge in [0, 0.05) is 36.3 Å². The van der Waals surface area contributed by atoms with Gasteiger partial charge in [-0.3, -0.25) is 4.79 Å². The second-order valence-corrected chi connectivity index (χ2v) is 9.55. The summed E-state index contributed by atoms with van der Waals surface area (Å²) in [6, 6.07) is 5.93. The number of aromatic nitrogens is 5. The predicted molar refractivity (Wildman–Crippen MR) is 127 cm³/mol. The highest BCUT2D eigenvalue weighted by atomic mass is 19.4. The van der Waals surface area contributed by atoms with Gasteiger partial charge in [0.05, 0.1) is 12.7 Å². The maximum absolute atomic E-state index is 14.8. The van der Waals surface area contributed by atoms with Gasteiger partial charge in [-0.15, -0.1) is 0 Å². The van der Waals surface area contributed by atoms with E-state index in [1.165, 1.54) is 12.1 Å². The zero-order valence-electron chi connectivity index (χ0n) is 19.8. The van der Waals surface area contributed by atoms with E-state index in [0.717, 1.165) is 18.9 Å². The molecule has 38 heavy (non-hydrogen) atoms. The van der Waals surface area contributed by atoms with Gasteiger partial charge in [0.1, 0.15) is 11.2 Å². The molecule has 13 heteroatoms. The number of halogens is 4. The molecule has 6 rings (SSSR count). The van der Waals surface area contributed by atoms with Crippen LogP contribution in [0.3, 0.4) is 0 Å². The standard InChI is InChI=1S/C25H21F4N7O2/c26-18-7-14(16-10-30-23(31-11-16)34-21-12-36(13-32-21)17-3-4-17)1-2-15(18)8-22(37)33-20-9-19(38-35-20)24(5-6-24)25(27,28)29/h1-2,7,9-13,17H,3-6,8H2,(H,30,31,34)(H,33,35,37). The predicted octanol–water partition coefficient (Wildman–Crippen LogP) is 5.32. The number of carbonyl (C=O) groups is 1. The highest BCUT2D eigenvalue weighted by Crippen LogP contribution is 2.59. The van der Waals surface area contributed by atoms with Gasteiger partial charge in [-0.2, -0.15) is 13.2 Å². The van der Waals surface area contributed by atoms with Gasteiger partial charge in [-0.25, -0.2) is 19.3 Å². The first-order valence-corrected chi connectivity index (χ1v) is 12.0. The minimum absolute atomic E-state index is 0.0906. The third kappa shape index (κ3) is 4.71. The number of rotatable bonds is 8. The molecule has 0 bridgehead atoms. The van der Waals surface area contributed by atoms with E-state index in [2.05, 4.69) is 30.7 Å². The number of amides is 1. The summed E-state index contributed by atoms with van der Waals surface area (Å²) in [5.74, 6) is -0.776. The van der Waals surface area contributed by atoms with Crippen LogP contribution in [0.1, 0.15) is 43.0 Å². The van der Waals surface area contributed by atoms with Crippen molar-refractivity contribution in [3.05, 3.63) is 66.3 Å². The van der Waals surface area contributed by atoms with Gasteiger partial charge in [0.15, 0.2) is 17.4 Å². The smallest absolute Gasteiger partial charge is 0.358 e. The minimum atomic E-state index is -4.46. The van der Waals surface area contributed by atoms with E-state index in [1.807, 2.05) is 10.8 Å². The Labute approximate surface area is 213 Å². The van der Waals surface area contributed by atoms with E-state index >= 15 is 0 Å². The SMILES string of the molecule is O=C(Cc1ccc(-c2cnc(Nc3cn(C4CC4)cn3)nc2)cc1F)Nc1cc(C2(C(F)(F)F)CC2)on1. The van der Waals surface area contributed by atoms with Crippen LogP contribution >= 0.6 is 0 Å². The van der Waals surface area contributed by atoms with Crippen molar-refractivity contribution in [2.75, 3.05) is 10.6 Å². The second-order valence-electron chi connectivity index (χ2n) is 9.55. The van der Waals surface area contributed by atoms with E-state index in [-0.39, 0.29) is 36.4 Å². The van der Waals surface area contributed by atoms with Crippen LogP contribution in [-0.2, 0) is 16.6 Å². The summed E-state index contributed by atoms with van der Waals surface area (Å²) in [6.45, 7) is 0. The van der Waals surface area contributed by atoms with Gasteiger partial charge < -0.3 is 19.7 Å². The van der Waals surface area contributed by atoms with Crippen LogP contribution in [0, 0.1) is 5.82 Å². The van der Waals surface area contributed by atoms with Crippen LogP contribution in [0.25, 0.3) is 11.1 Å². The third-order valence-electron chi connectivity index (χ3n) is 6.74. The number of anilines is 3. The number of carbonyl (C=O) groups excluding carboxylic acids is 1. The lowest BCUT2D eigenvalue weighted by atomic mass is 10.0. The molecule has 0 radical (unpaired) electrons. The van der Waals surface area contributed by atoms with Crippen molar-refractivity contribution in [1.82, 2.24) is 24.7 Å². The number of imidazole rings is 1. The van der Waals surface area contributed by atoms with Crippen molar-refractivity contribution < 1.29 is 26.9 Å². The van der Waals surface area contributed by atoms with Crippen LogP contribution in [0.4, 0.5) is 35.1 Å². The maximum Gasteiger partial charge on any atom is 0.401 e. The fraction of sp³-hybridized carbons (Fsp3) is 0.320. The normalized spacial score (nSPS) is 16.3. The molecular weight excluding hydrogens is 506 g/mol. The molecule has 3 aromatic heterocycles. The molecule has 1 aromatic carbocycles. The molecule has 0 atom stereocenters. The number of alkyl halides is 3. The first-order valence-electron chi connectivity index (χ1n) is 12.0. The van der Waals surface area contributed by atoms with Gasteiger partial charge in [-0.1, -0.05) is 17.3 Å². The van der Waals surface area contributed by atoms with E-state index < -0.39 is 23.3 Å². The van der Waals surface area contributed by atoms with Crippen LogP contribution in [0.5, 0.6) is 0 Å². The van der Waals surface area contributed by atoms with Gasteiger partial charge in [-0.05, 0) is 42.9 Å². The molecule has 2 aliphatic rings. The summed E-state index contributed by atoms with van der Waals surface area (Å²) in [4.78, 5) is 25.2. The van der Waals surface area contributed by atoms with E-state index in [1.54, 1.807) is 24.8 Å². The topological polar surface area (TPSA) is 111 Å².